The summed E-state index contributed by atoms with van der Waals surface area (Å²) in [6, 6.07) is 0. The number of carbonyl (C=O) groups is 2. The number of fused-ring (bicyclic) bond motifs is 1. The summed E-state index contributed by atoms with van der Waals surface area (Å²) in [6.07, 6.45) is 2.63. The van der Waals surface area contributed by atoms with E-state index in [1.807, 2.05) is 6.92 Å². The average Bonchev–Trinajstić information content (AvgIpc) is 2.38. The molecule has 4 heteroatoms. The predicted molar refractivity (Wildman–Crippen MR) is 70.3 cm³/mol. The summed E-state index contributed by atoms with van der Waals surface area (Å²) in [5, 5.41) is 21.0. The quantitative estimate of drug-likeness (QED) is 0.577. The summed E-state index contributed by atoms with van der Waals surface area (Å²) in [7, 11) is 0. The monoisotopic (exact) mass is 264 g/mol. The Bertz CT molecular complexity index is 467. The van der Waals surface area contributed by atoms with Gasteiger partial charge in [-0.3, -0.25) is 9.59 Å². The van der Waals surface area contributed by atoms with Gasteiger partial charge in [0.1, 0.15) is 6.29 Å². The van der Waals surface area contributed by atoms with Crippen molar-refractivity contribution in [1.82, 2.24) is 0 Å². The van der Waals surface area contributed by atoms with Crippen molar-refractivity contribution < 1.29 is 19.8 Å². The van der Waals surface area contributed by atoms with E-state index in [-0.39, 0.29) is 11.5 Å². The number of aliphatic hydroxyl groups is 2. The SMILES string of the molecule is C=C1C(C)CCC2(C)C1C(O)C=C(C=O)C2(O)C=O. The van der Waals surface area contributed by atoms with Gasteiger partial charge >= 0.3 is 0 Å². The topological polar surface area (TPSA) is 74.6 Å². The maximum absolute atomic E-state index is 11.4. The van der Waals surface area contributed by atoms with E-state index in [4.69, 9.17) is 0 Å². The zero-order valence-corrected chi connectivity index (χ0v) is 11.3. The van der Waals surface area contributed by atoms with Crippen molar-refractivity contribution >= 4 is 12.6 Å². The fourth-order valence-electron chi connectivity index (χ4n) is 3.67. The standard InChI is InChI=1S/C15H20O4/c1-9-4-5-14(3)13(10(9)2)12(18)6-11(7-16)15(14,19)8-17/h6-9,12-13,18-19H,2,4-5H2,1,3H3. The molecule has 0 spiro atoms. The number of rotatable bonds is 2. The molecule has 0 aromatic rings. The molecule has 5 unspecified atom stereocenters. The van der Waals surface area contributed by atoms with E-state index in [0.717, 1.165) is 12.0 Å². The summed E-state index contributed by atoms with van der Waals surface area (Å²) < 4.78 is 0. The maximum atomic E-state index is 11.4. The van der Waals surface area contributed by atoms with Crippen LogP contribution in [0.1, 0.15) is 26.7 Å². The highest BCUT2D eigenvalue weighted by Gasteiger charge is 2.60. The third kappa shape index (κ3) is 1.66. The van der Waals surface area contributed by atoms with Crippen LogP contribution in [0, 0.1) is 17.3 Å². The van der Waals surface area contributed by atoms with E-state index in [2.05, 4.69) is 6.58 Å². The first-order valence-electron chi connectivity index (χ1n) is 6.54. The molecule has 1 fully saturated rings. The Morgan fingerprint density at radius 2 is 2.11 bits per heavy atom. The number of aliphatic hydroxyl groups excluding tert-OH is 1. The van der Waals surface area contributed by atoms with Crippen molar-refractivity contribution in [3.05, 3.63) is 23.8 Å². The van der Waals surface area contributed by atoms with Gasteiger partial charge in [0, 0.05) is 16.9 Å². The van der Waals surface area contributed by atoms with Crippen LogP contribution in [0.15, 0.2) is 23.8 Å². The van der Waals surface area contributed by atoms with Crippen molar-refractivity contribution in [2.24, 2.45) is 17.3 Å². The van der Waals surface area contributed by atoms with Crippen LogP contribution in [0.2, 0.25) is 0 Å². The lowest BCUT2D eigenvalue weighted by molar-refractivity contribution is -0.150. The van der Waals surface area contributed by atoms with Gasteiger partial charge < -0.3 is 10.2 Å². The molecule has 4 nitrogen and oxygen atoms in total. The Morgan fingerprint density at radius 1 is 1.47 bits per heavy atom. The maximum Gasteiger partial charge on any atom is 0.156 e. The van der Waals surface area contributed by atoms with Gasteiger partial charge in [-0.2, -0.15) is 0 Å². The van der Waals surface area contributed by atoms with Crippen LogP contribution in [-0.4, -0.2) is 34.5 Å². The van der Waals surface area contributed by atoms with Gasteiger partial charge in [-0.25, -0.2) is 0 Å². The molecular weight excluding hydrogens is 244 g/mol. The third-order valence-corrected chi connectivity index (χ3v) is 5.12. The van der Waals surface area contributed by atoms with Gasteiger partial charge in [-0.1, -0.05) is 26.0 Å². The molecule has 0 radical (unpaired) electrons. The Kier molecular flexibility index (Phi) is 3.27. The molecule has 5 atom stereocenters. The van der Waals surface area contributed by atoms with Crippen LogP contribution in [0.25, 0.3) is 0 Å². The van der Waals surface area contributed by atoms with Gasteiger partial charge in [0.05, 0.1) is 6.10 Å². The molecule has 0 amide bonds. The molecule has 0 aromatic heterocycles. The molecule has 104 valence electrons. The molecular formula is C15H20O4. The molecule has 0 saturated heterocycles. The molecule has 0 heterocycles. The van der Waals surface area contributed by atoms with Gasteiger partial charge in [0.15, 0.2) is 11.9 Å². The van der Waals surface area contributed by atoms with Crippen molar-refractivity contribution in [2.75, 3.05) is 0 Å². The van der Waals surface area contributed by atoms with Crippen LogP contribution < -0.4 is 0 Å². The number of hydrogen-bond donors (Lipinski definition) is 2. The van der Waals surface area contributed by atoms with E-state index < -0.39 is 23.0 Å². The Labute approximate surface area is 112 Å². The third-order valence-electron chi connectivity index (χ3n) is 5.12. The highest BCUT2D eigenvalue weighted by atomic mass is 16.3. The minimum Gasteiger partial charge on any atom is -0.388 e. The Morgan fingerprint density at radius 3 is 2.63 bits per heavy atom. The zero-order valence-electron chi connectivity index (χ0n) is 11.3. The van der Waals surface area contributed by atoms with E-state index >= 15 is 0 Å². The smallest absolute Gasteiger partial charge is 0.156 e. The first kappa shape index (κ1) is 14.2. The summed E-state index contributed by atoms with van der Waals surface area (Å²) in [4.78, 5) is 22.6. The lowest BCUT2D eigenvalue weighted by atomic mass is 9.50. The van der Waals surface area contributed by atoms with Gasteiger partial charge in [0.2, 0.25) is 0 Å². The predicted octanol–water partition coefficient (Wildman–Crippen LogP) is 1.02. The molecule has 19 heavy (non-hydrogen) atoms. The van der Waals surface area contributed by atoms with Crippen LogP contribution in [-0.2, 0) is 9.59 Å². The minimum absolute atomic E-state index is 0.0453. The lowest BCUT2D eigenvalue weighted by Crippen LogP contribution is -2.61. The van der Waals surface area contributed by atoms with E-state index in [9.17, 15) is 19.8 Å². The largest absolute Gasteiger partial charge is 0.388 e. The Hall–Kier alpha value is -1.26. The van der Waals surface area contributed by atoms with E-state index in [0.29, 0.717) is 19.0 Å². The van der Waals surface area contributed by atoms with Crippen LogP contribution in [0.5, 0.6) is 0 Å². The van der Waals surface area contributed by atoms with Crippen molar-refractivity contribution in [1.29, 1.82) is 0 Å². The molecule has 1 saturated carbocycles. The normalized spacial score (nSPS) is 46.2. The molecule has 2 N–H and O–H groups in total. The number of aldehydes is 2. The summed E-state index contributed by atoms with van der Waals surface area (Å²) in [6.45, 7) is 7.80. The van der Waals surface area contributed by atoms with E-state index in [1.165, 1.54) is 6.08 Å². The van der Waals surface area contributed by atoms with Crippen LogP contribution in [0.3, 0.4) is 0 Å². The zero-order chi connectivity index (χ0) is 14.4. The van der Waals surface area contributed by atoms with Crippen LogP contribution in [0.4, 0.5) is 0 Å². The average molecular weight is 264 g/mol. The van der Waals surface area contributed by atoms with E-state index in [1.54, 1.807) is 6.92 Å². The highest BCUT2D eigenvalue weighted by Crippen LogP contribution is 2.57. The second-order valence-corrected chi connectivity index (χ2v) is 6.02. The molecule has 0 aliphatic heterocycles. The first-order valence-corrected chi connectivity index (χ1v) is 6.54. The Balaban J connectivity index is 2.63. The van der Waals surface area contributed by atoms with Crippen LogP contribution >= 0.6 is 0 Å². The minimum atomic E-state index is -1.85. The summed E-state index contributed by atoms with van der Waals surface area (Å²) in [5.74, 6) is -0.176. The molecule has 0 aromatic carbocycles. The molecule has 2 aliphatic rings. The van der Waals surface area contributed by atoms with Gasteiger partial charge in [-0.05, 0) is 24.8 Å². The number of carbonyl (C=O) groups excluding carboxylic acids is 2. The fourth-order valence-corrected chi connectivity index (χ4v) is 3.67. The van der Waals surface area contributed by atoms with Crippen molar-refractivity contribution in [2.45, 2.75) is 38.4 Å². The fraction of sp³-hybridized carbons (Fsp3) is 0.600. The highest BCUT2D eigenvalue weighted by molar-refractivity contribution is 5.88. The second kappa shape index (κ2) is 4.39. The molecule has 0 bridgehead atoms. The van der Waals surface area contributed by atoms with Gasteiger partial charge in [0.25, 0.3) is 0 Å². The second-order valence-electron chi connectivity index (χ2n) is 6.02. The lowest BCUT2D eigenvalue weighted by Gasteiger charge is -2.55. The summed E-state index contributed by atoms with van der Waals surface area (Å²) >= 11 is 0. The molecule has 2 aliphatic carbocycles. The summed E-state index contributed by atoms with van der Waals surface area (Å²) in [5.41, 5.74) is -1.94. The van der Waals surface area contributed by atoms with Gasteiger partial charge in [-0.15, -0.1) is 0 Å². The first-order chi connectivity index (χ1) is 8.81. The van der Waals surface area contributed by atoms with Crippen molar-refractivity contribution in [3.63, 3.8) is 0 Å². The van der Waals surface area contributed by atoms with Crippen molar-refractivity contribution in [3.8, 4) is 0 Å². The number of hydrogen-bond acceptors (Lipinski definition) is 4. The molecule has 2 rings (SSSR count).